The molecule has 2 aromatic carbocycles. The number of likely N-dealkylation sites (tertiary alicyclic amines) is 1. The average molecular weight is 438 g/mol. The van der Waals surface area contributed by atoms with E-state index in [0.29, 0.717) is 27.4 Å². The summed E-state index contributed by atoms with van der Waals surface area (Å²) in [5, 5.41) is 5.43. The number of oxime groups is 1. The molecular formula is C21H19Cl3N2O2. The molecule has 7 heteroatoms. The first-order chi connectivity index (χ1) is 13.3. The molecule has 0 saturated carbocycles. The fraction of sp³-hybridized carbons (Fsp3) is 0.333. The van der Waals surface area contributed by atoms with Crippen LogP contribution < -0.4 is 0 Å². The zero-order valence-electron chi connectivity index (χ0n) is 15.5. The second-order valence-corrected chi connectivity index (χ2v) is 8.73. The molecule has 2 aromatic rings. The number of amides is 1. The van der Waals surface area contributed by atoms with E-state index in [2.05, 4.69) is 29.4 Å². The summed E-state index contributed by atoms with van der Waals surface area (Å²) >= 11 is 18.4. The number of hydrogen-bond acceptors (Lipinski definition) is 3. The zero-order chi connectivity index (χ0) is 20.1. The van der Waals surface area contributed by atoms with Crippen LogP contribution in [0.5, 0.6) is 0 Å². The van der Waals surface area contributed by atoms with Crippen molar-refractivity contribution in [2.45, 2.75) is 31.8 Å². The Morgan fingerprint density at radius 1 is 1.14 bits per heavy atom. The summed E-state index contributed by atoms with van der Waals surface area (Å²) in [6.45, 7) is 5.14. The summed E-state index contributed by atoms with van der Waals surface area (Å²) < 4.78 is 0. The highest BCUT2D eigenvalue weighted by atomic mass is 35.5. The highest BCUT2D eigenvalue weighted by Gasteiger charge is 2.37. The van der Waals surface area contributed by atoms with Gasteiger partial charge in [-0.2, -0.15) is 0 Å². The SMILES string of the molecule is CC(=O)N1CC(c2ccc(C3=NOC(C)(c4cc(Cl)c(Cl)c(Cl)c4)C3)cc2)C1. The van der Waals surface area contributed by atoms with Crippen LogP contribution in [0.2, 0.25) is 15.1 Å². The Hall–Kier alpha value is -1.75. The minimum Gasteiger partial charge on any atom is -0.384 e. The Kier molecular flexibility index (Phi) is 5.07. The van der Waals surface area contributed by atoms with Crippen molar-refractivity contribution >= 4 is 46.4 Å². The van der Waals surface area contributed by atoms with Gasteiger partial charge in [0.1, 0.15) is 0 Å². The first-order valence-electron chi connectivity index (χ1n) is 9.03. The molecule has 28 heavy (non-hydrogen) atoms. The van der Waals surface area contributed by atoms with Crippen LogP contribution in [-0.4, -0.2) is 29.6 Å². The second kappa shape index (κ2) is 7.25. The average Bonchev–Trinajstić information content (AvgIpc) is 3.02. The van der Waals surface area contributed by atoms with Crippen LogP contribution in [0.4, 0.5) is 0 Å². The van der Waals surface area contributed by atoms with Crippen molar-refractivity contribution in [3.8, 4) is 0 Å². The van der Waals surface area contributed by atoms with Crippen LogP contribution in [-0.2, 0) is 15.2 Å². The van der Waals surface area contributed by atoms with Crippen molar-refractivity contribution in [1.82, 2.24) is 4.90 Å². The minimum atomic E-state index is -0.651. The zero-order valence-corrected chi connectivity index (χ0v) is 17.8. The van der Waals surface area contributed by atoms with Gasteiger partial charge in [-0.1, -0.05) is 64.2 Å². The Bertz CT molecular complexity index is 945. The molecule has 0 spiro atoms. The van der Waals surface area contributed by atoms with Gasteiger partial charge in [0.2, 0.25) is 5.91 Å². The smallest absolute Gasteiger partial charge is 0.219 e. The van der Waals surface area contributed by atoms with Gasteiger partial charge in [-0.15, -0.1) is 0 Å². The normalized spacial score (nSPS) is 21.9. The summed E-state index contributed by atoms with van der Waals surface area (Å²) in [6, 6.07) is 11.9. The van der Waals surface area contributed by atoms with Gasteiger partial charge in [0.05, 0.1) is 20.8 Å². The van der Waals surface area contributed by atoms with Crippen LogP contribution in [0.1, 0.15) is 42.9 Å². The lowest BCUT2D eigenvalue weighted by molar-refractivity contribution is -0.133. The predicted molar refractivity (Wildman–Crippen MR) is 113 cm³/mol. The number of carbonyl (C=O) groups excluding carboxylic acids is 1. The van der Waals surface area contributed by atoms with E-state index in [4.69, 9.17) is 39.6 Å². The molecule has 0 N–H and O–H groups in total. The molecule has 1 saturated heterocycles. The molecule has 0 aromatic heterocycles. The molecule has 2 aliphatic heterocycles. The summed E-state index contributed by atoms with van der Waals surface area (Å²) in [6.07, 6.45) is 0.599. The third kappa shape index (κ3) is 3.49. The van der Waals surface area contributed by atoms with Crippen molar-refractivity contribution < 1.29 is 9.63 Å². The van der Waals surface area contributed by atoms with Gasteiger partial charge < -0.3 is 9.74 Å². The largest absolute Gasteiger partial charge is 0.384 e. The predicted octanol–water partition coefficient (Wildman–Crippen LogP) is 5.63. The van der Waals surface area contributed by atoms with E-state index in [1.165, 1.54) is 5.56 Å². The topological polar surface area (TPSA) is 41.9 Å². The van der Waals surface area contributed by atoms with Crippen LogP contribution in [0.3, 0.4) is 0 Å². The molecule has 1 atom stereocenters. The van der Waals surface area contributed by atoms with E-state index < -0.39 is 5.60 Å². The number of hydrogen-bond donors (Lipinski definition) is 0. The number of benzene rings is 2. The maximum absolute atomic E-state index is 11.3. The number of nitrogens with zero attached hydrogens (tertiary/aromatic N) is 2. The third-order valence-corrected chi connectivity index (χ3v) is 6.70. The van der Waals surface area contributed by atoms with E-state index in [9.17, 15) is 4.79 Å². The molecule has 1 unspecified atom stereocenters. The van der Waals surface area contributed by atoms with Crippen molar-refractivity contribution in [3.05, 3.63) is 68.2 Å². The minimum absolute atomic E-state index is 0.132. The molecule has 4 nitrogen and oxygen atoms in total. The molecule has 0 bridgehead atoms. The van der Waals surface area contributed by atoms with Gasteiger partial charge in [0, 0.05) is 37.9 Å². The molecule has 4 rings (SSSR count). The first-order valence-corrected chi connectivity index (χ1v) is 10.2. The van der Waals surface area contributed by atoms with Crippen molar-refractivity contribution in [1.29, 1.82) is 0 Å². The van der Waals surface area contributed by atoms with Gasteiger partial charge in [-0.25, -0.2) is 0 Å². The number of carbonyl (C=O) groups is 1. The van der Waals surface area contributed by atoms with E-state index in [1.54, 1.807) is 19.1 Å². The molecule has 2 heterocycles. The summed E-state index contributed by atoms with van der Waals surface area (Å²) in [4.78, 5) is 19.0. The second-order valence-electron chi connectivity index (χ2n) is 7.53. The molecular weight excluding hydrogens is 419 g/mol. The van der Waals surface area contributed by atoms with Crippen molar-refractivity contribution in [2.75, 3.05) is 13.1 Å². The molecule has 0 aliphatic carbocycles. The van der Waals surface area contributed by atoms with Gasteiger partial charge >= 0.3 is 0 Å². The maximum atomic E-state index is 11.3. The lowest BCUT2D eigenvalue weighted by atomic mass is 9.87. The van der Waals surface area contributed by atoms with Crippen LogP contribution in [0.25, 0.3) is 0 Å². The van der Waals surface area contributed by atoms with E-state index in [1.807, 2.05) is 11.8 Å². The Morgan fingerprint density at radius 2 is 1.75 bits per heavy atom. The summed E-state index contributed by atoms with van der Waals surface area (Å²) in [5.41, 5.74) is 3.31. The fourth-order valence-corrected chi connectivity index (χ4v) is 4.20. The first kappa shape index (κ1) is 19.6. The monoisotopic (exact) mass is 436 g/mol. The van der Waals surface area contributed by atoms with Crippen LogP contribution in [0, 0.1) is 0 Å². The van der Waals surface area contributed by atoms with E-state index in [-0.39, 0.29) is 5.91 Å². The standard InChI is InChI=1S/C21H19Cl3N2O2/c1-12(27)26-10-15(11-26)13-3-5-14(6-4-13)19-9-21(2,28-25-19)16-7-17(22)20(24)18(23)8-16/h3-8,15H,9-11H2,1-2H3. The number of rotatable bonds is 3. The van der Waals surface area contributed by atoms with E-state index >= 15 is 0 Å². The molecule has 1 amide bonds. The van der Waals surface area contributed by atoms with Crippen molar-refractivity contribution in [2.24, 2.45) is 5.16 Å². The third-order valence-electron chi connectivity index (χ3n) is 5.50. The highest BCUT2D eigenvalue weighted by molar-refractivity contribution is 6.48. The number of halogens is 3. The summed E-state index contributed by atoms with van der Waals surface area (Å²) in [5.74, 6) is 0.537. The highest BCUT2D eigenvalue weighted by Crippen LogP contribution is 2.41. The van der Waals surface area contributed by atoms with Crippen LogP contribution >= 0.6 is 34.8 Å². The fourth-order valence-electron chi connectivity index (χ4n) is 3.60. The summed E-state index contributed by atoms with van der Waals surface area (Å²) in [7, 11) is 0. The molecule has 2 aliphatic rings. The molecule has 1 fully saturated rings. The quantitative estimate of drug-likeness (QED) is 0.584. The molecule has 146 valence electrons. The van der Waals surface area contributed by atoms with Gasteiger partial charge in [-0.3, -0.25) is 4.79 Å². The Labute approximate surface area is 179 Å². The lowest BCUT2D eigenvalue weighted by Crippen LogP contribution is -2.47. The van der Waals surface area contributed by atoms with Gasteiger partial charge in [-0.05, 0) is 30.2 Å². The molecule has 0 radical (unpaired) electrons. The van der Waals surface area contributed by atoms with Crippen molar-refractivity contribution in [3.63, 3.8) is 0 Å². The van der Waals surface area contributed by atoms with Gasteiger partial charge in [0.15, 0.2) is 5.60 Å². The van der Waals surface area contributed by atoms with Crippen LogP contribution in [0.15, 0.2) is 41.6 Å². The maximum Gasteiger partial charge on any atom is 0.219 e. The van der Waals surface area contributed by atoms with Gasteiger partial charge in [0.25, 0.3) is 0 Å². The Balaban J connectivity index is 1.47. The lowest BCUT2D eigenvalue weighted by Gasteiger charge is -2.39. The van der Waals surface area contributed by atoms with E-state index in [0.717, 1.165) is 29.9 Å². The Morgan fingerprint density at radius 3 is 2.32 bits per heavy atom.